The first kappa shape index (κ1) is 18.2. The summed E-state index contributed by atoms with van der Waals surface area (Å²) in [6.07, 6.45) is 1.79. The van der Waals surface area contributed by atoms with E-state index in [1.165, 1.54) is 6.07 Å². The fourth-order valence-corrected chi connectivity index (χ4v) is 4.43. The molecule has 6 nitrogen and oxygen atoms in total. The molecule has 1 amide bonds. The van der Waals surface area contributed by atoms with Gasteiger partial charge in [-0.2, -0.15) is 0 Å². The van der Waals surface area contributed by atoms with E-state index in [1.807, 2.05) is 24.3 Å². The van der Waals surface area contributed by atoms with Crippen molar-refractivity contribution in [3.05, 3.63) is 66.7 Å². The van der Waals surface area contributed by atoms with Crippen LogP contribution in [0.4, 0.5) is 5.69 Å². The Bertz CT molecular complexity index is 985. The van der Waals surface area contributed by atoms with Crippen LogP contribution in [0.5, 0.6) is 0 Å². The lowest BCUT2D eigenvalue weighted by molar-refractivity contribution is -0.114. The molecule has 26 heavy (non-hydrogen) atoms. The van der Waals surface area contributed by atoms with Crippen molar-refractivity contribution in [2.45, 2.75) is 9.79 Å². The Morgan fingerprint density at radius 1 is 1.19 bits per heavy atom. The number of thioether (sulfide) groups is 1. The molecule has 0 radical (unpaired) electrons. The van der Waals surface area contributed by atoms with E-state index in [0.29, 0.717) is 11.3 Å². The molecule has 2 N–H and O–H groups in total. The summed E-state index contributed by atoms with van der Waals surface area (Å²) in [6, 6.07) is 14.0. The first-order valence-electron chi connectivity index (χ1n) is 7.80. The molecule has 0 atom stereocenters. The molecule has 0 bridgehead atoms. The van der Waals surface area contributed by atoms with E-state index in [0.717, 1.165) is 10.6 Å². The van der Waals surface area contributed by atoms with Crippen LogP contribution < -0.4 is 10.0 Å². The van der Waals surface area contributed by atoms with E-state index >= 15 is 0 Å². The lowest BCUT2D eigenvalue weighted by Gasteiger charge is -2.09. The Morgan fingerprint density at radius 2 is 1.92 bits per heavy atom. The minimum atomic E-state index is -3.60. The van der Waals surface area contributed by atoms with Crippen LogP contribution in [-0.2, 0) is 14.8 Å². The molecule has 8 heteroatoms. The topological polar surface area (TPSA) is 87.6 Å². The number of para-hydroxylation sites is 1. The minimum absolute atomic E-state index is 0.172. The molecule has 134 valence electrons. The number of amides is 1. The van der Waals surface area contributed by atoms with Gasteiger partial charge >= 0.3 is 0 Å². The quantitative estimate of drug-likeness (QED) is 0.589. The average Bonchev–Trinajstić information content (AvgIpc) is 2.90. The fourth-order valence-electron chi connectivity index (χ4n) is 2.44. The van der Waals surface area contributed by atoms with Gasteiger partial charge in [0.15, 0.2) is 0 Å². The normalized spacial score (nSPS) is 15.9. The summed E-state index contributed by atoms with van der Waals surface area (Å²) in [4.78, 5) is 17.5. The zero-order valence-corrected chi connectivity index (χ0v) is 15.4. The van der Waals surface area contributed by atoms with Crippen LogP contribution in [0, 0.1) is 0 Å². The maximum Gasteiger partial charge on any atom is 0.263 e. The zero-order chi connectivity index (χ0) is 18.6. The van der Waals surface area contributed by atoms with Gasteiger partial charge in [-0.3, -0.25) is 14.5 Å². The summed E-state index contributed by atoms with van der Waals surface area (Å²) < 4.78 is 26.5. The maximum atomic E-state index is 12.2. The molecule has 1 heterocycles. The molecule has 0 aromatic heterocycles. The van der Waals surface area contributed by atoms with Crippen LogP contribution in [0.15, 0.2) is 76.0 Å². The smallest absolute Gasteiger partial charge is 0.263 e. The highest BCUT2D eigenvalue weighted by Crippen LogP contribution is 2.27. The number of carbonyl (C=O) groups excluding carboxylic acids is 1. The number of carbonyl (C=O) groups is 1. The van der Waals surface area contributed by atoms with E-state index in [1.54, 1.807) is 36.0 Å². The Labute approximate surface area is 156 Å². The van der Waals surface area contributed by atoms with Gasteiger partial charge in [0, 0.05) is 16.2 Å². The van der Waals surface area contributed by atoms with E-state index in [-0.39, 0.29) is 23.2 Å². The van der Waals surface area contributed by atoms with Gasteiger partial charge in [0.05, 0.1) is 10.6 Å². The van der Waals surface area contributed by atoms with E-state index < -0.39 is 10.0 Å². The second-order valence-electron chi connectivity index (χ2n) is 5.41. The van der Waals surface area contributed by atoms with Gasteiger partial charge in [-0.25, -0.2) is 8.42 Å². The number of nitrogens with zero attached hydrogens (tertiary/aromatic N) is 1. The molecule has 0 aliphatic carbocycles. The summed E-state index contributed by atoms with van der Waals surface area (Å²) >= 11 is 1.56. The number of amidine groups is 1. The van der Waals surface area contributed by atoms with Crippen molar-refractivity contribution in [2.75, 3.05) is 17.6 Å². The zero-order valence-electron chi connectivity index (χ0n) is 13.8. The number of hydrogen-bond donors (Lipinski definition) is 2. The Hall–Kier alpha value is -2.58. The van der Waals surface area contributed by atoms with Crippen molar-refractivity contribution in [2.24, 2.45) is 4.99 Å². The van der Waals surface area contributed by atoms with Crippen molar-refractivity contribution in [3.8, 4) is 0 Å². The lowest BCUT2D eigenvalue weighted by atomic mass is 10.2. The van der Waals surface area contributed by atoms with Crippen LogP contribution in [0.25, 0.3) is 0 Å². The maximum absolute atomic E-state index is 12.2. The molecule has 0 saturated heterocycles. The highest BCUT2D eigenvalue weighted by molar-refractivity contribution is 7.99. The molecule has 1 aliphatic heterocycles. The summed E-state index contributed by atoms with van der Waals surface area (Å²) in [6.45, 7) is 3.50. The summed E-state index contributed by atoms with van der Waals surface area (Å²) in [5.41, 5.74) is 1.17. The van der Waals surface area contributed by atoms with E-state index in [4.69, 9.17) is 0 Å². The number of anilines is 1. The first-order chi connectivity index (χ1) is 12.5. The van der Waals surface area contributed by atoms with Gasteiger partial charge in [-0.1, -0.05) is 30.3 Å². The number of nitrogens with one attached hydrogen (secondary N) is 2. The van der Waals surface area contributed by atoms with Gasteiger partial charge in [-0.05, 0) is 24.3 Å². The predicted octanol–water partition coefficient (Wildman–Crippen LogP) is 2.64. The van der Waals surface area contributed by atoms with Crippen LogP contribution >= 0.6 is 11.8 Å². The molecular weight excluding hydrogens is 370 g/mol. The summed E-state index contributed by atoms with van der Waals surface area (Å²) in [5.74, 6) is 0.589. The van der Waals surface area contributed by atoms with E-state index in [9.17, 15) is 13.2 Å². The Morgan fingerprint density at radius 3 is 2.73 bits per heavy atom. The predicted molar refractivity (Wildman–Crippen MR) is 104 cm³/mol. The highest BCUT2D eigenvalue weighted by atomic mass is 32.2. The first-order valence-corrected chi connectivity index (χ1v) is 10.3. The molecular formula is C18H17N3O3S2. The standard InChI is InChI=1S/C18H17N3O3S2/c1-2-11-25-15-9-5-4-8-14(15)20-17(22)12-19-18-13-7-3-6-10-16(13)26(23,24)21-18/h2-10H,1,11-12H2,(H,19,21)(H,20,22). The third-order valence-corrected chi connectivity index (χ3v) is 6.03. The molecule has 2 aromatic carbocycles. The largest absolute Gasteiger partial charge is 0.323 e. The van der Waals surface area contributed by atoms with Gasteiger partial charge < -0.3 is 5.32 Å². The number of rotatable bonds is 6. The van der Waals surface area contributed by atoms with Gasteiger partial charge in [-0.15, -0.1) is 18.3 Å². The molecule has 2 aromatic rings. The SMILES string of the molecule is C=CCSc1ccccc1NC(=O)CN=C1NS(=O)(=O)c2ccccc21. The van der Waals surface area contributed by atoms with Crippen molar-refractivity contribution in [1.82, 2.24) is 4.72 Å². The van der Waals surface area contributed by atoms with Crippen molar-refractivity contribution in [1.29, 1.82) is 0 Å². The van der Waals surface area contributed by atoms with Crippen molar-refractivity contribution in [3.63, 3.8) is 0 Å². The Balaban J connectivity index is 1.73. The average molecular weight is 387 g/mol. The third kappa shape index (κ3) is 3.97. The molecule has 0 spiro atoms. The number of hydrogen-bond acceptors (Lipinski definition) is 5. The van der Waals surface area contributed by atoms with Crippen LogP contribution in [-0.4, -0.2) is 32.5 Å². The summed E-state index contributed by atoms with van der Waals surface area (Å²) in [5, 5.41) is 2.81. The number of benzene rings is 2. The second-order valence-corrected chi connectivity index (χ2v) is 8.12. The van der Waals surface area contributed by atoms with E-state index in [2.05, 4.69) is 21.6 Å². The summed E-state index contributed by atoms with van der Waals surface area (Å²) in [7, 11) is -3.60. The molecule has 0 saturated carbocycles. The van der Waals surface area contributed by atoms with Crippen molar-refractivity contribution >= 4 is 39.2 Å². The third-order valence-electron chi connectivity index (χ3n) is 3.56. The molecule has 3 rings (SSSR count). The second kappa shape index (κ2) is 7.76. The lowest BCUT2D eigenvalue weighted by Crippen LogP contribution is -2.24. The van der Waals surface area contributed by atoms with Gasteiger partial charge in [0.2, 0.25) is 5.91 Å². The van der Waals surface area contributed by atoms with Crippen LogP contribution in [0.3, 0.4) is 0 Å². The van der Waals surface area contributed by atoms with Crippen molar-refractivity contribution < 1.29 is 13.2 Å². The molecule has 1 aliphatic rings. The number of aliphatic imine (C=N–C) groups is 1. The monoisotopic (exact) mass is 387 g/mol. The number of fused-ring (bicyclic) bond motifs is 1. The molecule has 0 fully saturated rings. The molecule has 0 unspecified atom stereocenters. The highest BCUT2D eigenvalue weighted by Gasteiger charge is 2.30. The van der Waals surface area contributed by atoms with Gasteiger partial charge in [0.1, 0.15) is 12.4 Å². The minimum Gasteiger partial charge on any atom is -0.323 e. The van der Waals surface area contributed by atoms with Crippen LogP contribution in [0.2, 0.25) is 0 Å². The Kier molecular flexibility index (Phi) is 5.43. The fraction of sp³-hybridized carbons (Fsp3) is 0.111. The van der Waals surface area contributed by atoms with Crippen LogP contribution in [0.1, 0.15) is 5.56 Å². The number of sulfonamides is 1. The van der Waals surface area contributed by atoms with Gasteiger partial charge in [0.25, 0.3) is 10.0 Å².